The molecule has 0 N–H and O–H groups in total. The SMILES string of the molecule is COc1cc(OC)cc(-c2ncn(C)c2N2CCOC(Cc3ccccc3)C2)c1. The summed E-state index contributed by atoms with van der Waals surface area (Å²) < 4.78 is 19.0. The fourth-order valence-corrected chi connectivity index (χ4v) is 3.86. The average Bonchev–Trinajstić information content (AvgIpc) is 3.15. The monoisotopic (exact) mass is 393 g/mol. The van der Waals surface area contributed by atoms with Crippen molar-refractivity contribution in [1.82, 2.24) is 9.55 Å². The molecular weight excluding hydrogens is 366 g/mol. The Labute approximate surface area is 171 Å². The average molecular weight is 393 g/mol. The van der Waals surface area contributed by atoms with Crippen molar-refractivity contribution >= 4 is 5.82 Å². The van der Waals surface area contributed by atoms with Crippen LogP contribution in [0.1, 0.15) is 5.56 Å². The van der Waals surface area contributed by atoms with E-state index in [9.17, 15) is 0 Å². The number of ether oxygens (including phenoxy) is 3. The van der Waals surface area contributed by atoms with Crippen LogP contribution in [0.2, 0.25) is 0 Å². The van der Waals surface area contributed by atoms with Gasteiger partial charge in [-0.3, -0.25) is 0 Å². The maximum absolute atomic E-state index is 6.06. The first-order chi connectivity index (χ1) is 14.2. The molecule has 0 saturated carbocycles. The van der Waals surface area contributed by atoms with E-state index in [0.29, 0.717) is 6.61 Å². The molecule has 1 aliphatic rings. The molecule has 1 saturated heterocycles. The highest BCUT2D eigenvalue weighted by molar-refractivity contribution is 5.75. The number of morpholine rings is 1. The van der Waals surface area contributed by atoms with Gasteiger partial charge in [0.25, 0.3) is 0 Å². The van der Waals surface area contributed by atoms with Crippen LogP contribution < -0.4 is 14.4 Å². The summed E-state index contributed by atoms with van der Waals surface area (Å²) in [6.45, 7) is 2.35. The van der Waals surface area contributed by atoms with Gasteiger partial charge in [-0.1, -0.05) is 30.3 Å². The topological polar surface area (TPSA) is 48.8 Å². The van der Waals surface area contributed by atoms with Gasteiger partial charge in [0.15, 0.2) is 0 Å². The highest BCUT2D eigenvalue weighted by atomic mass is 16.5. The second-order valence-electron chi connectivity index (χ2n) is 7.26. The van der Waals surface area contributed by atoms with E-state index in [1.54, 1.807) is 14.2 Å². The number of imidazole rings is 1. The normalized spacial score (nSPS) is 16.7. The van der Waals surface area contributed by atoms with Crippen LogP contribution in [-0.2, 0) is 18.2 Å². The van der Waals surface area contributed by atoms with E-state index >= 15 is 0 Å². The molecule has 6 nitrogen and oxygen atoms in total. The molecule has 0 bridgehead atoms. The lowest BCUT2D eigenvalue weighted by Gasteiger charge is -2.35. The highest BCUT2D eigenvalue weighted by Crippen LogP contribution is 2.35. The largest absolute Gasteiger partial charge is 0.497 e. The third-order valence-corrected chi connectivity index (χ3v) is 5.28. The fraction of sp³-hybridized carbons (Fsp3) is 0.348. The van der Waals surface area contributed by atoms with E-state index in [0.717, 1.165) is 48.1 Å². The highest BCUT2D eigenvalue weighted by Gasteiger charge is 2.26. The van der Waals surface area contributed by atoms with E-state index in [-0.39, 0.29) is 6.10 Å². The second-order valence-corrected chi connectivity index (χ2v) is 7.26. The van der Waals surface area contributed by atoms with Gasteiger partial charge in [-0.15, -0.1) is 0 Å². The Morgan fingerprint density at radius 3 is 2.48 bits per heavy atom. The summed E-state index contributed by atoms with van der Waals surface area (Å²) in [6, 6.07) is 16.4. The molecule has 6 heteroatoms. The van der Waals surface area contributed by atoms with E-state index in [1.165, 1.54) is 5.56 Å². The predicted molar refractivity (Wildman–Crippen MR) is 114 cm³/mol. The Kier molecular flexibility index (Phi) is 5.71. The van der Waals surface area contributed by atoms with Crippen LogP contribution in [0.25, 0.3) is 11.3 Å². The molecule has 152 valence electrons. The van der Waals surface area contributed by atoms with Gasteiger partial charge in [0.2, 0.25) is 0 Å². The van der Waals surface area contributed by atoms with Gasteiger partial charge in [-0.05, 0) is 17.7 Å². The number of nitrogens with zero attached hydrogens (tertiary/aromatic N) is 3. The zero-order chi connectivity index (χ0) is 20.2. The summed E-state index contributed by atoms with van der Waals surface area (Å²) in [7, 11) is 5.35. The van der Waals surface area contributed by atoms with Crippen LogP contribution in [0, 0.1) is 0 Å². The molecule has 0 amide bonds. The number of benzene rings is 2. The lowest BCUT2D eigenvalue weighted by Crippen LogP contribution is -2.44. The Hall–Kier alpha value is -2.99. The zero-order valence-corrected chi connectivity index (χ0v) is 17.2. The van der Waals surface area contributed by atoms with Crippen LogP contribution in [0.5, 0.6) is 11.5 Å². The van der Waals surface area contributed by atoms with Gasteiger partial charge < -0.3 is 23.7 Å². The van der Waals surface area contributed by atoms with Crippen molar-refractivity contribution in [3.8, 4) is 22.8 Å². The van der Waals surface area contributed by atoms with Gasteiger partial charge in [-0.2, -0.15) is 0 Å². The Balaban J connectivity index is 1.62. The van der Waals surface area contributed by atoms with Gasteiger partial charge in [0, 0.05) is 38.2 Å². The summed E-state index contributed by atoms with van der Waals surface area (Å²) in [4.78, 5) is 7.06. The predicted octanol–water partition coefficient (Wildman–Crippen LogP) is 3.55. The Morgan fingerprint density at radius 2 is 1.79 bits per heavy atom. The molecule has 1 aromatic heterocycles. The maximum Gasteiger partial charge on any atom is 0.136 e. The summed E-state index contributed by atoms with van der Waals surface area (Å²) in [5, 5.41) is 0. The minimum absolute atomic E-state index is 0.147. The lowest BCUT2D eigenvalue weighted by atomic mass is 10.1. The summed E-state index contributed by atoms with van der Waals surface area (Å²) >= 11 is 0. The van der Waals surface area contributed by atoms with Crippen molar-refractivity contribution < 1.29 is 14.2 Å². The fourth-order valence-electron chi connectivity index (χ4n) is 3.86. The van der Waals surface area contributed by atoms with Crippen molar-refractivity contribution in [3.63, 3.8) is 0 Å². The first-order valence-electron chi connectivity index (χ1n) is 9.83. The smallest absolute Gasteiger partial charge is 0.136 e. The van der Waals surface area contributed by atoms with Crippen LogP contribution >= 0.6 is 0 Å². The number of methoxy groups -OCH3 is 2. The van der Waals surface area contributed by atoms with Crippen LogP contribution in [-0.4, -0.2) is 49.6 Å². The molecule has 0 radical (unpaired) electrons. The molecule has 4 rings (SSSR count). The third-order valence-electron chi connectivity index (χ3n) is 5.28. The van der Waals surface area contributed by atoms with Gasteiger partial charge in [0.1, 0.15) is 23.0 Å². The number of aromatic nitrogens is 2. The Bertz CT molecular complexity index is 933. The van der Waals surface area contributed by atoms with Crippen molar-refractivity contribution in [2.75, 3.05) is 38.8 Å². The number of rotatable bonds is 6. The molecule has 3 aromatic rings. The zero-order valence-electron chi connectivity index (χ0n) is 17.2. The minimum atomic E-state index is 0.147. The van der Waals surface area contributed by atoms with Crippen molar-refractivity contribution in [1.29, 1.82) is 0 Å². The molecule has 1 atom stereocenters. The molecule has 2 aromatic carbocycles. The summed E-state index contributed by atoms with van der Waals surface area (Å²) in [5.41, 5.74) is 3.19. The van der Waals surface area contributed by atoms with Gasteiger partial charge in [0.05, 0.1) is 33.3 Å². The number of aryl methyl sites for hydroxylation is 1. The first kappa shape index (κ1) is 19.3. The molecule has 2 heterocycles. The van der Waals surface area contributed by atoms with Crippen molar-refractivity contribution in [2.24, 2.45) is 7.05 Å². The van der Waals surface area contributed by atoms with E-state index in [2.05, 4.69) is 33.7 Å². The van der Waals surface area contributed by atoms with E-state index in [1.807, 2.05) is 37.6 Å². The van der Waals surface area contributed by atoms with Gasteiger partial charge >= 0.3 is 0 Å². The number of hydrogen-bond donors (Lipinski definition) is 0. The molecular formula is C23H27N3O3. The maximum atomic E-state index is 6.06. The quantitative estimate of drug-likeness (QED) is 0.641. The molecule has 29 heavy (non-hydrogen) atoms. The molecule has 0 aliphatic carbocycles. The van der Waals surface area contributed by atoms with Gasteiger partial charge in [-0.25, -0.2) is 4.98 Å². The van der Waals surface area contributed by atoms with Crippen LogP contribution in [0.3, 0.4) is 0 Å². The molecule has 1 unspecified atom stereocenters. The van der Waals surface area contributed by atoms with Crippen LogP contribution in [0.4, 0.5) is 5.82 Å². The number of hydrogen-bond acceptors (Lipinski definition) is 5. The number of anilines is 1. The molecule has 1 fully saturated rings. The first-order valence-corrected chi connectivity index (χ1v) is 9.83. The van der Waals surface area contributed by atoms with Crippen molar-refractivity contribution in [3.05, 3.63) is 60.4 Å². The van der Waals surface area contributed by atoms with Crippen LogP contribution in [0.15, 0.2) is 54.9 Å². The summed E-state index contributed by atoms with van der Waals surface area (Å²) in [5.74, 6) is 2.58. The van der Waals surface area contributed by atoms with E-state index < -0.39 is 0 Å². The standard InChI is InChI=1S/C23H27N3O3/c1-25-16-24-22(18-12-19(27-2)14-20(13-18)28-3)23(25)26-9-10-29-21(15-26)11-17-7-5-4-6-8-17/h4-8,12-14,16,21H,9-11,15H2,1-3H3. The molecule has 1 aliphatic heterocycles. The minimum Gasteiger partial charge on any atom is -0.497 e. The third kappa shape index (κ3) is 4.22. The Morgan fingerprint density at radius 1 is 1.07 bits per heavy atom. The summed E-state index contributed by atoms with van der Waals surface area (Å²) in [6.07, 6.45) is 2.91. The van der Waals surface area contributed by atoms with E-state index in [4.69, 9.17) is 19.2 Å². The second kappa shape index (κ2) is 8.57. The lowest BCUT2D eigenvalue weighted by molar-refractivity contribution is 0.0407. The van der Waals surface area contributed by atoms with Crippen molar-refractivity contribution in [2.45, 2.75) is 12.5 Å². The molecule has 0 spiro atoms.